The maximum Gasteiger partial charge on any atom is 0.305 e. The molecule has 252 valence electrons. The highest BCUT2D eigenvalue weighted by Crippen LogP contribution is 2.14. The number of carboxylic acids is 1. The van der Waals surface area contributed by atoms with E-state index in [-0.39, 0.29) is 5.97 Å². The first-order chi connectivity index (χ1) is 20.6. The molecule has 0 spiro atoms. The lowest BCUT2D eigenvalue weighted by atomic mass is 10.0. The lowest BCUT2D eigenvalue weighted by Gasteiger charge is -2.05. The first-order valence-electron chi connectivity index (χ1n) is 19.0. The van der Waals surface area contributed by atoms with Crippen LogP contribution in [-0.4, -0.2) is 23.7 Å². The van der Waals surface area contributed by atoms with Gasteiger partial charge in [-0.15, -0.1) is 0 Å². The quantitative estimate of drug-likeness (QED) is 0.0604. The van der Waals surface area contributed by atoms with E-state index in [9.17, 15) is 9.59 Å². The van der Waals surface area contributed by atoms with Crippen molar-refractivity contribution in [2.45, 2.75) is 226 Å². The molecule has 42 heavy (non-hydrogen) atoms. The van der Waals surface area contributed by atoms with Crippen LogP contribution in [0, 0.1) is 0 Å². The van der Waals surface area contributed by atoms with Gasteiger partial charge in [0.1, 0.15) is 0 Å². The highest BCUT2D eigenvalue weighted by Gasteiger charge is 2.02. The van der Waals surface area contributed by atoms with Gasteiger partial charge in [-0.3, -0.25) is 9.59 Å². The largest absolute Gasteiger partial charge is 0.481 e. The van der Waals surface area contributed by atoms with Gasteiger partial charge in [-0.05, 0) is 19.3 Å². The Morgan fingerprint density at radius 3 is 0.952 bits per heavy atom. The summed E-state index contributed by atoms with van der Waals surface area (Å²) in [5, 5.41) is 8.46. The molecule has 0 saturated heterocycles. The van der Waals surface area contributed by atoms with Crippen LogP contribution in [0.5, 0.6) is 0 Å². The molecule has 4 heteroatoms. The van der Waals surface area contributed by atoms with Gasteiger partial charge >= 0.3 is 11.9 Å². The van der Waals surface area contributed by atoms with Crippen LogP contribution >= 0.6 is 0 Å². The summed E-state index contributed by atoms with van der Waals surface area (Å²) in [6, 6.07) is 0. The number of ether oxygens (including phenoxy) is 1. The second-order valence-corrected chi connectivity index (χ2v) is 12.7. The fourth-order valence-corrected chi connectivity index (χ4v) is 5.37. The van der Waals surface area contributed by atoms with Crippen LogP contribution in [0.25, 0.3) is 0 Å². The minimum Gasteiger partial charge on any atom is -0.481 e. The molecule has 0 fully saturated rings. The van der Waals surface area contributed by atoms with Gasteiger partial charge in [-0.1, -0.05) is 194 Å². The molecule has 1 N–H and O–H groups in total. The van der Waals surface area contributed by atoms with Crippen molar-refractivity contribution in [1.29, 1.82) is 0 Å². The van der Waals surface area contributed by atoms with E-state index in [0.717, 1.165) is 25.7 Å². The minimum atomic E-state index is -0.657. The lowest BCUT2D eigenvalue weighted by Crippen LogP contribution is -2.05. The molecule has 0 saturated carbocycles. The van der Waals surface area contributed by atoms with Crippen molar-refractivity contribution in [2.24, 2.45) is 0 Å². The Hall–Kier alpha value is -1.06. The van der Waals surface area contributed by atoms with Gasteiger partial charge in [0, 0.05) is 12.8 Å². The smallest absolute Gasteiger partial charge is 0.305 e. The summed E-state index contributed by atoms with van der Waals surface area (Å²) in [5.74, 6) is -0.641. The zero-order valence-electron chi connectivity index (χ0n) is 29.0. The third kappa shape index (κ3) is 43.4. The molecule has 0 heterocycles. The fourth-order valence-electron chi connectivity index (χ4n) is 5.37. The molecule has 0 aliphatic heterocycles. The van der Waals surface area contributed by atoms with Gasteiger partial charge < -0.3 is 9.84 Å². The molecule has 0 atom stereocenters. The topological polar surface area (TPSA) is 63.6 Å². The summed E-state index contributed by atoms with van der Waals surface area (Å²) in [6.45, 7) is 7.39. The first-order valence-corrected chi connectivity index (χ1v) is 19.0. The summed E-state index contributed by atoms with van der Waals surface area (Å²) in [5.41, 5.74) is 0. The average molecular weight is 597 g/mol. The van der Waals surface area contributed by atoms with Crippen LogP contribution in [0.2, 0.25) is 0 Å². The van der Waals surface area contributed by atoms with Gasteiger partial charge in [-0.25, -0.2) is 0 Å². The summed E-state index contributed by atoms with van der Waals surface area (Å²) in [7, 11) is 0. The van der Waals surface area contributed by atoms with Crippen molar-refractivity contribution in [2.75, 3.05) is 6.61 Å². The molecule has 0 aromatic carbocycles. The molecule has 0 radical (unpaired) electrons. The van der Waals surface area contributed by atoms with Crippen LogP contribution in [0.1, 0.15) is 226 Å². The Kier molecular flexibility index (Phi) is 41.0. The van der Waals surface area contributed by atoms with E-state index in [1.54, 1.807) is 0 Å². The van der Waals surface area contributed by atoms with Crippen molar-refractivity contribution < 1.29 is 19.4 Å². The van der Waals surface area contributed by atoms with Crippen molar-refractivity contribution in [3.05, 3.63) is 0 Å². The van der Waals surface area contributed by atoms with Gasteiger partial charge in [0.15, 0.2) is 0 Å². The number of carboxylic acid groups (broad SMARTS) is 1. The molecule has 4 nitrogen and oxygen atoms in total. The Morgan fingerprint density at radius 1 is 0.381 bits per heavy atom. The van der Waals surface area contributed by atoms with Crippen molar-refractivity contribution in [3.8, 4) is 0 Å². The molecule has 0 aliphatic rings. The molecular formula is C38H76O4. The number of esters is 1. The number of rotatable bonds is 33. The molecule has 0 bridgehead atoms. The molecule has 0 amide bonds. The van der Waals surface area contributed by atoms with Crippen LogP contribution in [0.3, 0.4) is 0 Å². The number of hydrogen-bond acceptors (Lipinski definition) is 3. The second-order valence-electron chi connectivity index (χ2n) is 12.7. The maximum atomic E-state index is 11.7. The highest BCUT2D eigenvalue weighted by atomic mass is 16.5. The van der Waals surface area contributed by atoms with Crippen molar-refractivity contribution >= 4 is 11.9 Å². The van der Waals surface area contributed by atoms with Gasteiger partial charge in [-0.2, -0.15) is 0 Å². The van der Waals surface area contributed by atoms with Gasteiger partial charge in [0.2, 0.25) is 0 Å². The van der Waals surface area contributed by atoms with E-state index in [4.69, 9.17) is 9.84 Å². The molecule has 0 aromatic heterocycles. The Labute approximate surface area is 263 Å². The molecule has 0 aromatic rings. The predicted octanol–water partition coefficient (Wildman–Crippen LogP) is 13.1. The second kappa shape index (κ2) is 39.9. The number of unbranched alkanes of at least 4 members (excludes halogenated alkanes) is 27. The maximum absolute atomic E-state index is 11.7. The Bertz CT molecular complexity index is 519. The predicted molar refractivity (Wildman–Crippen MR) is 183 cm³/mol. The summed E-state index contributed by atoms with van der Waals surface area (Å²) >= 11 is 0. The standard InChI is InChI=1S/C24H48O2.C14H28O2/c1-3-5-7-9-11-12-13-14-15-16-17-18-20-22-24(25)26-23-21-19-10-8-6-4-2;1-2-3-4-5-6-7-8-9-10-11-12-13-14(15)16/h3-23H2,1-2H3;2-13H2,1H3,(H,15,16). The third-order valence-electron chi connectivity index (χ3n) is 8.24. The summed E-state index contributed by atoms with van der Waals surface area (Å²) in [6.07, 6.45) is 39.9. The summed E-state index contributed by atoms with van der Waals surface area (Å²) < 4.78 is 5.32. The van der Waals surface area contributed by atoms with E-state index < -0.39 is 5.97 Å². The number of carbonyl (C=O) groups excluding carboxylic acids is 1. The SMILES string of the molecule is CCCCCCCCCCCCCC(=O)O.CCCCCCCCCCCCCCCC(=O)OCCCCCCCC. The fraction of sp³-hybridized carbons (Fsp3) is 0.947. The van der Waals surface area contributed by atoms with Gasteiger partial charge in [0.25, 0.3) is 0 Å². The lowest BCUT2D eigenvalue weighted by molar-refractivity contribution is -0.144. The Balaban J connectivity index is 0. The minimum absolute atomic E-state index is 0.0154. The molecule has 0 unspecified atom stereocenters. The Morgan fingerprint density at radius 2 is 0.643 bits per heavy atom. The summed E-state index contributed by atoms with van der Waals surface area (Å²) in [4.78, 5) is 21.9. The zero-order chi connectivity index (χ0) is 31.2. The van der Waals surface area contributed by atoms with Crippen LogP contribution < -0.4 is 0 Å². The van der Waals surface area contributed by atoms with Crippen molar-refractivity contribution in [1.82, 2.24) is 0 Å². The van der Waals surface area contributed by atoms with E-state index in [1.165, 1.54) is 167 Å². The number of carbonyl (C=O) groups is 2. The molecule has 0 aliphatic carbocycles. The van der Waals surface area contributed by atoms with E-state index in [2.05, 4.69) is 20.8 Å². The molecular weight excluding hydrogens is 520 g/mol. The van der Waals surface area contributed by atoms with Gasteiger partial charge in [0.05, 0.1) is 6.61 Å². The number of hydrogen-bond donors (Lipinski definition) is 1. The number of aliphatic carboxylic acids is 1. The van der Waals surface area contributed by atoms with E-state index in [0.29, 0.717) is 19.4 Å². The monoisotopic (exact) mass is 597 g/mol. The average Bonchev–Trinajstić information content (AvgIpc) is 2.98. The zero-order valence-corrected chi connectivity index (χ0v) is 29.0. The van der Waals surface area contributed by atoms with Crippen LogP contribution in [0.15, 0.2) is 0 Å². The highest BCUT2D eigenvalue weighted by molar-refractivity contribution is 5.69. The first kappa shape index (κ1) is 43.1. The van der Waals surface area contributed by atoms with Crippen LogP contribution in [-0.2, 0) is 14.3 Å². The van der Waals surface area contributed by atoms with E-state index in [1.807, 2.05) is 0 Å². The third-order valence-corrected chi connectivity index (χ3v) is 8.24. The van der Waals surface area contributed by atoms with Crippen LogP contribution in [0.4, 0.5) is 0 Å². The van der Waals surface area contributed by atoms with E-state index >= 15 is 0 Å². The van der Waals surface area contributed by atoms with Crippen molar-refractivity contribution in [3.63, 3.8) is 0 Å². The molecule has 0 rings (SSSR count). The normalized spacial score (nSPS) is 10.8.